The maximum Gasteiger partial charge on any atom is 0.0885 e. The van der Waals surface area contributed by atoms with Gasteiger partial charge >= 0.3 is 0 Å². The molecule has 0 saturated heterocycles. The monoisotopic (exact) mass is 209 g/mol. The Kier molecular flexibility index (Phi) is 1.90. The quantitative estimate of drug-likeness (QED) is 0.725. The molecule has 1 saturated carbocycles. The SMILES string of the molecule is N#CC1(c2cnc3cnccc3c2)CCC1. The van der Waals surface area contributed by atoms with Gasteiger partial charge in [-0.2, -0.15) is 5.26 Å². The molecule has 2 aromatic heterocycles. The van der Waals surface area contributed by atoms with E-state index in [1.54, 1.807) is 12.4 Å². The summed E-state index contributed by atoms with van der Waals surface area (Å²) in [6.45, 7) is 0. The van der Waals surface area contributed by atoms with E-state index in [2.05, 4.69) is 22.1 Å². The molecule has 1 fully saturated rings. The molecule has 3 nitrogen and oxygen atoms in total. The first-order chi connectivity index (χ1) is 7.84. The second-order valence-electron chi connectivity index (χ2n) is 4.34. The van der Waals surface area contributed by atoms with E-state index in [9.17, 15) is 5.26 Å². The fourth-order valence-electron chi connectivity index (χ4n) is 2.23. The summed E-state index contributed by atoms with van der Waals surface area (Å²) in [4.78, 5) is 8.39. The van der Waals surface area contributed by atoms with Crippen LogP contribution in [0.25, 0.3) is 10.9 Å². The van der Waals surface area contributed by atoms with E-state index in [4.69, 9.17) is 0 Å². The molecule has 2 heterocycles. The second-order valence-corrected chi connectivity index (χ2v) is 4.34. The molecule has 2 aromatic rings. The number of aromatic nitrogens is 2. The van der Waals surface area contributed by atoms with Gasteiger partial charge in [-0.25, -0.2) is 0 Å². The van der Waals surface area contributed by atoms with Crippen LogP contribution in [0.3, 0.4) is 0 Å². The largest absolute Gasteiger partial charge is 0.262 e. The smallest absolute Gasteiger partial charge is 0.0885 e. The summed E-state index contributed by atoms with van der Waals surface area (Å²) in [5.74, 6) is 0. The Morgan fingerprint density at radius 1 is 1.31 bits per heavy atom. The summed E-state index contributed by atoms with van der Waals surface area (Å²) in [5.41, 5.74) is 1.67. The predicted molar refractivity (Wildman–Crippen MR) is 60.7 cm³/mol. The van der Waals surface area contributed by atoms with Crippen molar-refractivity contribution in [1.29, 1.82) is 5.26 Å². The number of hydrogen-bond acceptors (Lipinski definition) is 3. The first kappa shape index (κ1) is 9.29. The van der Waals surface area contributed by atoms with Crippen molar-refractivity contribution in [3.63, 3.8) is 0 Å². The molecule has 16 heavy (non-hydrogen) atoms. The van der Waals surface area contributed by atoms with Gasteiger partial charge in [-0.05, 0) is 37.0 Å². The molecule has 1 aliphatic rings. The van der Waals surface area contributed by atoms with Crippen LogP contribution in [-0.2, 0) is 5.41 Å². The summed E-state index contributed by atoms with van der Waals surface area (Å²) < 4.78 is 0. The van der Waals surface area contributed by atoms with Gasteiger partial charge in [0.2, 0.25) is 0 Å². The second kappa shape index (κ2) is 3.28. The minimum atomic E-state index is -0.273. The van der Waals surface area contributed by atoms with Gasteiger partial charge in [0.1, 0.15) is 0 Å². The van der Waals surface area contributed by atoms with Gasteiger partial charge in [-0.3, -0.25) is 9.97 Å². The lowest BCUT2D eigenvalue weighted by atomic mass is 9.66. The molecule has 0 atom stereocenters. The van der Waals surface area contributed by atoms with Crippen LogP contribution in [0.1, 0.15) is 24.8 Å². The van der Waals surface area contributed by atoms with Crippen LogP contribution in [0.5, 0.6) is 0 Å². The van der Waals surface area contributed by atoms with Crippen molar-refractivity contribution in [2.45, 2.75) is 24.7 Å². The lowest BCUT2D eigenvalue weighted by Crippen LogP contribution is -2.32. The molecular weight excluding hydrogens is 198 g/mol. The molecule has 0 bridgehead atoms. The molecule has 0 spiro atoms. The van der Waals surface area contributed by atoms with Crippen LogP contribution in [0.15, 0.2) is 30.7 Å². The van der Waals surface area contributed by atoms with Crippen LogP contribution in [0.2, 0.25) is 0 Å². The van der Waals surface area contributed by atoms with Crippen molar-refractivity contribution in [2.75, 3.05) is 0 Å². The van der Waals surface area contributed by atoms with E-state index < -0.39 is 0 Å². The van der Waals surface area contributed by atoms with E-state index in [1.807, 2.05) is 12.3 Å². The molecule has 0 amide bonds. The minimum Gasteiger partial charge on any atom is -0.262 e. The van der Waals surface area contributed by atoms with Crippen LogP contribution in [0, 0.1) is 11.3 Å². The summed E-state index contributed by atoms with van der Waals surface area (Å²) in [6, 6.07) is 6.46. The maximum absolute atomic E-state index is 9.27. The highest BCUT2D eigenvalue weighted by molar-refractivity contribution is 5.78. The Labute approximate surface area is 93.8 Å². The lowest BCUT2D eigenvalue weighted by molar-refractivity contribution is 0.323. The molecule has 0 aromatic carbocycles. The van der Waals surface area contributed by atoms with Gasteiger partial charge in [0, 0.05) is 17.8 Å². The highest BCUT2D eigenvalue weighted by Gasteiger charge is 2.39. The van der Waals surface area contributed by atoms with E-state index in [1.165, 1.54) is 0 Å². The molecule has 0 aliphatic heterocycles. The third-order valence-electron chi connectivity index (χ3n) is 3.46. The summed E-state index contributed by atoms with van der Waals surface area (Å²) in [6.07, 6.45) is 8.39. The number of hydrogen-bond donors (Lipinski definition) is 0. The van der Waals surface area contributed by atoms with E-state index >= 15 is 0 Å². The number of nitrogens with zero attached hydrogens (tertiary/aromatic N) is 3. The van der Waals surface area contributed by atoms with Crippen molar-refractivity contribution in [1.82, 2.24) is 9.97 Å². The zero-order chi connectivity index (χ0) is 11.0. The summed E-state index contributed by atoms with van der Waals surface area (Å²) >= 11 is 0. The minimum absolute atomic E-state index is 0.273. The Morgan fingerprint density at radius 3 is 2.88 bits per heavy atom. The Bertz CT molecular complexity index is 579. The highest BCUT2D eigenvalue weighted by atomic mass is 14.7. The molecule has 3 heteroatoms. The first-order valence-corrected chi connectivity index (χ1v) is 5.46. The number of fused-ring (bicyclic) bond motifs is 1. The summed E-state index contributed by atoms with van der Waals surface area (Å²) in [7, 11) is 0. The average Bonchev–Trinajstić information content (AvgIpc) is 2.28. The molecular formula is C13H11N3. The van der Waals surface area contributed by atoms with Gasteiger partial charge in [0.25, 0.3) is 0 Å². The van der Waals surface area contributed by atoms with Gasteiger partial charge in [-0.15, -0.1) is 0 Å². The van der Waals surface area contributed by atoms with Crippen molar-refractivity contribution < 1.29 is 0 Å². The maximum atomic E-state index is 9.27. The van der Waals surface area contributed by atoms with Crippen molar-refractivity contribution in [3.05, 3.63) is 36.3 Å². The first-order valence-electron chi connectivity index (χ1n) is 5.46. The summed E-state index contributed by atoms with van der Waals surface area (Å²) in [5, 5.41) is 10.3. The fourth-order valence-corrected chi connectivity index (χ4v) is 2.23. The topological polar surface area (TPSA) is 49.6 Å². The van der Waals surface area contributed by atoms with Gasteiger partial charge in [0.15, 0.2) is 0 Å². The standard InChI is InChI=1S/C13H11N3/c14-9-13(3-1-4-13)11-6-10-2-5-15-8-12(10)16-7-11/h2,5-8H,1,3-4H2. The van der Waals surface area contributed by atoms with Crippen molar-refractivity contribution in [2.24, 2.45) is 0 Å². The Morgan fingerprint density at radius 2 is 2.19 bits per heavy atom. The zero-order valence-electron chi connectivity index (χ0n) is 8.85. The van der Waals surface area contributed by atoms with Crippen LogP contribution in [0.4, 0.5) is 0 Å². The third-order valence-corrected chi connectivity index (χ3v) is 3.46. The highest BCUT2D eigenvalue weighted by Crippen LogP contribution is 2.43. The molecule has 0 N–H and O–H groups in total. The molecule has 0 radical (unpaired) electrons. The number of nitriles is 1. The number of pyridine rings is 2. The van der Waals surface area contributed by atoms with Crippen LogP contribution >= 0.6 is 0 Å². The van der Waals surface area contributed by atoms with E-state index in [-0.39, 0.29) is 5.41 Å². The average molecular weight is 209 g/mol. The number of rotatable bonds is 1. The third kappa shape index (κ3) is 1.20. The van der Waals surface area contributed by atoms with Gasteiger partial charge in [-0.1, -0.05) is 0 Å². The van der Waals surface area contributed by atoms with Gasteiger partial charge in [0.05, 0.1) is 23.2 Å². The Balaban J connectivity index is 2.16. The molecule has 1 aliphatic carbocycles. The normalized spacial score (nSPS) is 17.7. The van der Waals surface area contributed by atoms with Crippen molar-refractivity contribution in [3.8, 4) is 6.07 Å². The van der Waals surface area contributed by atoms with Crippen LogP contribution in [-0.4, -0.2) is 9.97 Å². The lowest BCUT2D eigenvalue weighted by Gasteiger charge is -2.35. The predicted octanol–water partition coefficient (Wildman–Crippen LogP) is 2.58. The zero-order valence-corrected chi connectivity index (χ0v) is 8.85. The van der Waals surface area contributed by atoms with Crippen molar-refractivity contribution >= 4 is 10.9 Å². The van der Waals surface area contributed by atoms with E-state index in [0.29, 0.717) is 0 Å². The molecule has 0 unspecified atom stereocenters. The Hall–Kier alpha value is -1.95. The fraction of sp³-hybridized carbons (Fsp3) is 0.308. The van der Waals surface area contributed by atoms with E-state index in [0.717, 1.165) is 35.7 Å². The molecule has 78 valence electrons. The van der Waals surface area contributed by atoms with Crippen LogP contribution < -0.4 is 0 Å². The molecule has 3 rings (SSSR count). The van der Waals surface area contributed by atoms with Gasteiger partial charge < -0.3 is 0 Å².